The average molecular weight is 179 g/mol. The van der Waals surface area contributed by atoms with Gasteiger partial charge in [-0.05, 0) is 13.3 Å². The van der Waals surface area contributed by atoms with Crippen LogP contribution in [0.3, 0.4) is 0 Å². The largest absolute Gasteiger partial charge is 0.377 e. The van der Waals surface area contributed by atoms with Gasteiger partial charge in [0.15, 0.2) is 0 Å². The maximum atomic E-state index is 5.48. The van der Waals surface area contributed by atoms with Gasteiger partial charge >= 0.3 is 0 Å². The molecule has 1 nitrogen and oxygen atoms in total. The molecule has 0 aromatic rings. The second-order valence-corrected chi connectivity index (χ2v) is 3.24. The standard InChI is InChI=1S/C9H19ClO/c1-3-4-5-6-9(2)11-8-7-10/h9H,3-8H2,1-2H3. The van der Waals surface area contributed by atoms with Crippen LogP contribution >= 0.6 is 11.6 Å². The predicted molar refractivity (Wildman–Crippen MR) is 50.3 cm³/mol. The number of ether oxygens (including phenoxy) is 1. The highest BCUT2D eigenvalue weighted by molar-refractivity contribution is 6.17. The van der Waals surface area contributed by atoms with Crippen LogP contribution in [0, 0.1) is 0 Å². The molecule has 0 saturated heterocycles. The first kappa shape index (κ1) is 11.2. The van der Waals surface area contributed by atoms with Crippen molar-refractivity contribution < 1.29 is 4.74 Å². The summed E-state index contributed by atoms with van der Waals surface area (Å²) in [6, 6.07) is 0. The number of rotatable bonds is 7. The van der Waals surface area contributed by atoms with Crippen molar-refractivity contribution >= 4 is 11.6 Å². The monoisotopic (exact) mass is 178 g/mol. The fraction of sp³-hybridized carbons (Fsp3) is 1.00. The van der Waals surface area contributed by atoms with Gasteiger partial charge in [0.2, 0.25) is 0 Å². The molecular formula is C9H19ClO. The third kappa shape index (κ3) is 8.15. The van der Waals surface area contributed by atoms with Gasteiger partial charge < -0.3 is 4.74 Å². The Hall–Kier alpha value is 0.250. The average Bonchev–Trinajstić information content (AvgIpc) is 2.01. The second kappa shape index (κ2) is 8.35. The first-order valence-corrected chi connectivity index (χ1v) is 5.02. The normalized spacial score (nSPS) is 13.4. The van der Waals surface area contributed by atoms with Gasteiger partial charge in [-0.25, -0.2) is 0 Å². The number of unbranched alkanes of at least 4 members (excludes halogenated alkanes) is 2. The molecular weight excluding hydrogens is 160 g/mol. The van der Waals surface area contributed by atoms with Gasteiger partial charge in [0, 0.05) is 5.88 Å². The van der Waals surface area contributed by atoms with Crippen LogP contribution in [0.1, 0.15) is 39.5 Å². The molecule has 0 bridgehead atoms. The zero-order valence-electron chi connectivity index (χ0n) is 7.61. The highest BCUT2D eigenvalue weighted by Crippen LogP contribution is 2.05. The minimum absolute atomic E-state index is 0.389. The number of alkyl halides is 1. The quantitative estimate of drug-likeness (QED) is 0.430. The summed E-state index contributed by atoms with van der Waals surface area (Å²) in [5.41, 5.74) is 0. The van der Waals surface area contributed by atoms with Crippen LogP contribution in [0.5, 0.6) is 0 Å². The number of hydrogen-bond donors (Lipinski definition) is 0. The van der Waals surface area contributed by atoms with Crippen LogP contribution in [0.4, 0.5) is 0 Å². The fourth-order valence-electron chi connectivity index (χ4n) is 1.01. The number of halogens is 1. The molecule has 68 valence electrons. The summed E-state index contributed by atoms with van der Waals surface area (Å²) in [7, 11) is 0. The molecule has 0 heterocycles. The third-order valence-electron chi connectivity index (χ3n) is 1.69. The predicted octanol–water partition coefficient (Wildman–Crippen LogP) is 3.21. The summed E-state index contributed by atoms with van der Waals surface area (Å²) in [6.07, 6.45) is 5.43. The van der Waals surface area contributed by atoms with Crippen molar-refractivity contribution in [1.29, 1.82) is 0 Å². The zero-order chi connectivity index (χ0) is 8.53. The van der Waals surface area contributed by atoms with Gasteiger partial charge in [-0.15, -0.1) is 11.6 Å². The Labute approximate surface area is 75.1 Å². The van der Waals surface area contributed by atoms with Gasteiger partial charge in [0.25, 0.3) is 0 Å². The van der Waals surface area contributed by atoms with Crippen molar-refractivity contribution in [1.82, 2.24) is 0 Å². The van der Waals surface area contributed by atoms with E-state index >= 15 is 0 Å². The Bertz CT molecular complexity index is 76.0. The lowest BCUT2D eigenvalue weighted by atomic mass is 10.1. The Morgan fingerprint density at radius 2 is 2.09 bits per heavy atom. The molecule has 0 aromatic carbocycles. The molecule has 2 heteroatoms. The van der Waals surface area contributed by atoms with Gasteiger partial charge in [-0.1, -0.05) is 26.2 Å². The summed E-state index contributed by atoms with van der Waals surface area (Å²) in [6.45, 7) is 5.02. The van der Waals surface area contributed by atoms with Crippen molar-refractivity contribution in [3.63, 3.8) is 0 Å². The van der Waals surface area contributed by atoms with E-state index in [0.717, 1.165) is 0 Å². The Morgan fingerprint density at radius 3 is 2.64 bits per heavy atom. The molecule has 1 atom stereocenters. The van der Waals surface area contributed by atoms with E-state index in [4.69, 9.17) is 16.3 Å². The van der Waals surface area contributed by atoms with E-state index in [9.17, 15) is 0 Å². The fourth-order valence-corrected chi connectivity index (χ4v) is 1.10. The van der Waals surface area contributed by atoms with Crippen LogP contribution in [-0.4, -0.2) is 18.6 Å². The maximum Gasteiger partial charge on any atom is 0.0605 e. The van der Waals surface area contributed by atoms with Gasteiger partial charge in [0.1, 0.15) is 0 Å². The lowest BCUT2D eigenvalue weighted by Gasteiger charge is -2.10. The first-order chi connectivity index (χ1) is 5.31. The van der Waals surface area contributed by atoms with E-state index in [2.05, 4.69) is 13.8 Å². The van der Waals surface area contributed by atoms with E-state index in [0.29, 0.717) is 18.6 Å². The van der Waals surface area contributed by atoms with E-state index in [1.165, 1.54) is 25.7 Å². The van der Waals surface area contributed by atoms with E-state index in [-0.39, 0.29) is 0 Å². The van der Waals surface area contributed by atoms with Crippen molar-refractivity contribution in [2.75, 3.05) is 12.5 Å². The topological polar surface area (TPSA) is 9.23 Å². The van der Waals surface area contributed by atoms with Crippen LogP contribution in [-0.2, 0) is 4.74 Å². The molecule has 0 N–H and O–H groups in total. The molecule has 0 aliphatic rings. The van der Waals surface area contributed by atoms with Gasteiger partial charge in [-0.3, -0.25) is 0 Å². The van der Waals surface area contributed by atoms with Crippen LogP contribution in [0.25, 0.3) is 0 Å². The Balaban J connectivity index is 3.02. The van der Waals surface area contributed by atoms with Gasteiger partial charge in [0.05, 0.1) is 12.7 Å². The van der Waals surface area contributed by atoms with Crippen molar-refractivity contribution in [2.24, 2.45) is 0 Å². The SMILES string of the molecule is CCCCCC(C)OCCCl. The molecule has 0 aliphatic heterocycles. The molecule has 0 spiro atoms. The Kier molecular flexibility index (Phi) is 8.54. The molecule has 0 amide bonds. The van der Waals surface area contributed by atoms with E-state index < -0.39 is 0 Å². The second-order valence-electron chi connectivity index (χ2n) is 2.87. The maximum absolute atomic E-state index is 5.48. The Morgan fingerprint density at radius 1 is 1.36 bits per heavy atom. The summed E-state index contributed by atoms with van der Waals surface area (Å²) in [5, 5.41) is 0. The first-order valence-electron chi connectivity index (χ1n) is 4.48. The lowest BCUT2D eigenvalue weighted by Crippen LogP contribution is -2.09. The molecule has 0 radical (unpaired) electrons. The molecule has 0 aliphatic carbocycles. The minimum Gasteiger partial charge on any atom is -0.377 e. The molecule has 1 unspecified atom stereocenters. The van der Waals surface area contributed by atoms with Gasteiger partial charge in [-0.2, -0.15) is 0 Å². The van der Waals surface area contributed by atoms with Crippen molar-refractivity contribution in [2.45, 2.75) is 45.6 Å². The minimum atomic E-state index is 0.389. The van der Waals surface area contributed by atoms with Crippen LogP contribution in [0.2, 0.25) is 0 Å². The highest BCUT2D eigenvalue weighted by Gasteiger charge is 1.99. The van der Waals surface area contributed by atoms with Crippen molar-refractivity contribution in [3.8, 4) is 0 Å². The lowest BCUT2D eigenvalue weighted by molar-refractivity contribution is 0.0698. The van der Waals surface area contributed by atoms with Crippen LogP contribution < -0.4 is 0 Å². The summed E-state index contributed by atoms with van der Waals surface area (Å²) >= 11 is 5.48. The van der Waals surface area contributed by atoms with Crippen LogP contribution in [0.15, 0.2) is 0 Å². The molecule has 0 aromatic heterocycles. The highest BCUT2D eigenvalue weighted by atomic mass is 35.5. The molecule has 0 rings (SSSR count). The smallest absolute Gasteiger partial charge is 0.0605 e. The van der Waals surface area contributed by atoms with Crippen molar-refractivity contribution in [3.05, 3.63) is 0 Å². The molecule has 0 saturated carbocycles. The molecule has 11 heavy (non-hydrogen) atoms. The summed E-state index contributed by atoms with van der Waals surface area (Å²) in [4.78, 5) is 0. The zero-order valence-corrected chi connectivity index (χ0v) is 8.36. The van der Waals surface area contributed by atoms with E-state index in [1.54, 1.807) is 0 Å². The van der Waals surface area contributed by atoms with E-state index in [1.807, 2.05) is 0 Å². The third-order valence-corrected chi connectivity index (χ3v) is 1.85. The number of hydrogen-bond acceptors (Lipinski definition) is 1. The molecule has 0 fully saturated rings. The summed E-state index contributed by atoms with van der Waals surface area (Å²) < 4.78 is 5.41. The summed E-state index contributed by atoms with van der Waals surface area (Å²) in [5.74, 6) is 0.609.